The fraction of sp³-hybridized carbons (Fsp3) is 0.240. The lowest BCUT2D eigenvalue weighted by Crippen LogP contribution is -2.13. The maximum Gasteiger partial charge on any atom is 0.224 e. The van der Waals surface area contributed by atoms with E-state index < -0.39 is 0 Å². The molecule has 3 aromatic rings. The highest BCUT2D eigenvalue weighted by atomic mass is 35.5. The van der Waals surface area contributed by atoms with Gasteiger partial charge in [-0.3, -0.25) is 4.79 Å². The third-order valence-corrected chi connectivity index (χ3v) is 4.90. The first-order chi connectivity index (χ1) is 14.9. The van der Waals surface area contributed by atoms with Crippen molar-refractivity contribution >= 4 is 28.9 Å². The minimum atomic E-state index is -0.370. The van der Waals surface area contributed by atoms with Crippen LogP contribution in [0.4, 0.5) is 15.8 Å². The Labute approximate surface area is 187 Å². The van der Waals surface area contributed by atoms with Gasteiger partial charge in [0.05, 0.1) is 5.02 Å². The normalized spacial score (nSPS) is 10.7. The van der Waals surface area contributed by atoms with E-state index in [0.717, 1.165) is 22.5 Å². The van der Waals surface area contributed by atoms with Gasteiger partial charge < -0.3 is 15.4 Å². The van der Waals surface area contributed by atoms with Crippen molar-refractivity contribution in [3.8, 4) is 5.75 Å². The van der Waals surface area contributed by atoms with E-state index in [2.05, 4.69) is 10.6 Å². The van der Waals surface area contributed by atoms with Crippen molar-refractivity contribution in [3.63, 3.8) is 0 Å². The molecule has 0 saturated carbocycles. The smallest absolute Gasteiger partial charge is 0.224 e. The molecule has 6 heteroatoms. The van der Waals surface area contributed by atoms with Gasteiger partial charge in [-0.25, -0.2) is 4.39 Å². The van der Waals surface area contributed by atoms with Crippen LogP contribution in [0.5, 0.6) is 5.75 Å². The van der Waals surface area contributed by atoms with Gasteiger partial charge in [0.25, 0.3) is 0 Å². The molecule has 0 atom stereocenters. The summed E-state index contributed by atoms with van der Waals surface area (Å²) in [6.45, 7) is 4.89. The second kappa shape index (κ2) is 10.8. The number of hydrogen-bond acceptors (Lipinski definition) is 3. The maximum absolute atomic E-state index is 13.2. The fourth-order valence-electron chi connectivity index (χ4n) is 3.04. The third kappa shape index (κ3) is 7.30. The zero-order chi connectivity index (χ0) is 22.2. The largest absolute Gasteiger partial charge is 0.489 e. The van der Waals surface area contributed by atoms with Gasteiger partial charge in [-0.1, -0.05) is 49.7 Å². The molecule has 0 saturated heterocycles. The summed E-state index contributed by atoms with van der Waals surface area (Å²) in [7, 11) is 0. The summed E-state index contributed by atoms with van der Waals surface area (Å²) in [5.74, 6) is 0.660. The number of rotatable bonds is 9. The second-order valence-corrected chi connectivity index (χ2v) is 8.16. The molecule has 0 aromatic heterocycles. The van der Waals surface area contributed by atoms with Crippen molar-refractivity contribution in [1.29, 1.82) is 0 Å². The molecule has 0 aliphatic carbocycles. The van der Waals surface area contributed by atoms with Crippen LogP contribution in [0.2, 0.25) is 5.02 Å². The molecule has 0 unspecified atom stereocenters. The van der Waals surface area contributed by atoms with Crippen LogP contribution < -0.4 is 15.4 Å². The van der Waals surface area contributed by atoms with E-state index in [1.165, 1.54) is 12.1 Å². The number of nitrogens with one attached hydrogen (secondary N) is 2. The Bertz CT molecular complexity index is 1040. The minimum Gasteiger partial charge on any atom is -0.489 e. The Balaban J connectivity index is 1.56. The highest BCUT2D eigenvalue weighted by Gasteiger charge is 2.06. The van der Waals surface area contributed by atoms with Gasteiger partial charge in [0.1, 0.15) is 18.2 Å². The number of benzene rings is 3. The first-order valence-electron chi connectivity index (χ1n) is 10.2. The lowest BCUT2D eigenvalue weighted by molar-refractivity contribution is -0.116. The third-order valence-electron chi connectivity index (χ3n) is 4.54. The Morgan fingerprint density at radius 2 is 1.81 bits per heavy atom. The molecule has 0 heterocycles. The fourth-order valence-corrected chi connectivity index (χ4v) is 3.26. The number of amides is 1. The molecule has 3 rings (SSSR count). The molecule has 0 bridgehead atoms. The van der Waals surface area contributed by atoms with E-state index in [9.17, 15) is 9.18 Å². The van der Waals surface area contributed by atoms with Crippen LogP contribution in [0, 0.1) is 11.7 Å². The highest BCUT2D eigenvalue weighted by molar-refractivity contribution is 6.31. The standard InChI is InChI=1S/C25H26ClFN2O2/c1-17(2)11-25(30)29-22-7-4-6-21(14-22)28-15-18-5-3-8-23(12-18)31-16-19-9-10-20(27)13-24(19)26/h3-10,12-14,17,28H,11,15-16H2,1-2H3,(H,29,30). The van der Waals surface area contributed by atoms with Crippen LogP contribution in [-0.4, -0.2) is 5.91 Å². The summed E-state index contributed by atoms with van der Waals surface area (Å²) in [6.07, 6.45) is 0.494. The summed E-state index contributed by atoms with van der Waals surface area (Å²) in [6, 6.07) is 19.6. The molecule has 162 valence electrons. The second-order valence-electron chi connectivity index (χ2n) is 7.75. The minimum absolute atomic E-state index is 0.0123. The molecule has 4 nitrogen and oxygen atoms in total. The maximum atomic E-state index is 13.2. The molecule has 0 spiro atoms. The van der Waals surface area contributed by atoms with Gasteiger partial charge in [-0.15, -0.1) is 0 Å². The molecule has 0 aliphatic heterocycles. The van der Waals surface area contributed by atoms with Crippen molar-refractivity contribution in [2.24, 2.45) is 5.92 Å². The van der Waals surface area contributed by atoms with E-state index in [1.54, 1.807) is 6.07 Å². The van der Waals surface area contributed by atoms with E-state index in [-0.39, 0.29) is 18.3 Å². The predicted octanol–water partition coefficient (Wildman–Crippen LogP) is 6.65. The van der Waals surface area contributed by atoms with Crippen molar-refractivity contribution in [2.75, 3.05) is 10.6 Å². The van der Waals surface area contributed by atoms with Crippen LogP contribution in [-0.2, 0) is 17.9 Å². The lowest BCUT2D eigenvalue weighted by atomic mass is 10.1. The zero-order valence-electron chi connectivity index (χ0n) is 17.6. The van der Waals surface area contributed by atoms with Crippen LogP contribution in [0.15, 0.2) is 66.7 Å². The summed E-state index contributed by atoms with van der Waals surface area (Å²) < 4.78 is 19.0. The number of anilines is 2. The quantitative estimate of drug-likeness (QED) is 0.391. The molecule has 2 N–H and O–H groups in total. The van der Waals surface area contributed by atoms with Gasteiger partial charge in [-0.2, -0.15) is 0 Å². The molecular formula is C25H26ClFN2O2. The Morgan fingerprint density at radius 3 is 2.58 bits per heavy atom. The van der Waals surface area contributed by atoms with Gasteiger partial charge in [0.15, 0.2) is 0 Å². The molecular weight excluding hydrogens is 415 g/mol. The van der Waals surface area contributed by atoms with Crippen molar-refractivity contribution in [1.82, 2.24) is 0 Å². The van der Waals surface area contributed by atoms with Gasteiger partial charge in [-0.05, 0) is 53.9 Å². The van der Waals surface area contributed by atoms with Crippen molar-refractivity contribution < 1.29 is 13.9 Å². The molecule has 31 heavy (non-hydrogen) atoms. The molecule has 0 fully saturated rings. The molecule has 3 aromatic carbocycles. The van der Waals surface area contributed by atoms with E-state index in [4.69, 9.17) is 16.3 Å². The monoisotopic (exact) mass is 440 g/mol. The van der Waals surface area contributed by atoms with Crippen molar-refractivity contribution in [2.45, 2.75) is 33.4 Å². The van der Waals surface area contributed by atoms with Gasteiger partial charge in [0.2, 0.25) is 5.91 Å². The summed E-state index contributed by atoms with van der Waals surface area (Å²) in [5, 5.41) is 6.64. The summed E-state index contributed by atoms with van der Waals surface area (Å²) in [4.78, 5) is 12.0. The number of ether oxygens (including phenoxy) is 1. The lowest BCUT2D eigenvalue weighted by Gasteiger charge is -2.12. The van der Waals surface area contributed by atoms with Crippen LogP contribution in [0.3, 0.4) is 0 Å². The molecule has 0 aliphatic rings. The summed E-state index contributed by atoms with van der Waals surface area (Å²) in [5.41, 5.74) is 3.44. The number of hydrogen-bond donors (Lipinski definition) is 2. The van der Waals surface area contributed by atoms with E-state index in [0.29, 0.717) is 29.7 Å². The van der Waals surface area contributed by atoms with Gasteiger partial charge >= 0.3 is 0 Å². The van der Waals surface area contributed by atoms with Crippen molar-refractivity contribution in [3.05, 3.63) is 88.7 Å². The average molecular weight is 441 g/mol. The van der Waals surface area contributed by atoms with Crippen LogP contribution in [0.25, 0.3) is 0 Å². The Hall–Kier alpha value is -3.05. The first kappa shape index (κ1) is 22.6. The predicted molar refractivity (Wildman–Crippen MR) is 124 cm³/mol. The van der Waals surface area contributed by atoms with Crippen LogP contribution in [0.1, 0.15) is 31.4 Å². The number of halogens is 2. The Kier molecular flexibility index (Phi) is 7.90. The molecule has 1 amide bonds. The number of carbonyl (C=O) groups excluding carboxylic acids is 1. The number of carbonyl (C=O) groups is 1. The highest BCUT2D eigenvalue weighted by Crippen LogP contribution is 2.22. The van der Waals surface area contributed by atoms with Gasteiger partial charge in [0, 0.05) is 29.9 Å². The SMILES string of the molecule is CC(C)CC(=O)Nc1cccc(NCc2cccc(OCc3ccc(F)cc3Cl)c2)c1. The van der Waals surface area contributed by atoms with E-state index >= 15 is 0 Å². The topological polar surface area (TPSA) is 50.4 Å². The van der Waals surface area contributed by atoms with Crippen LogP contribution >= 0.6 is 11.6 Å². The first-order valence-corrected chi connectivity index (χ1v) is 10.6. The molecule has 0 radical (unpaired) electrons. The summed E-state index contributed by atoms with van der Waals surface area (Å²) >= 11 is 6.06. The van der Waals surface area contributed by atoms with E-state index in [1.807, 2.05) is 62.4 Å². The zero-order valence-corrected chi connectivity index (χ0v) is 18.4. The average Bonchev–Trinajstić information content (AvgIpc) is 2.71. The Morgan fingerprint density at radius 1 is 1.03 bits per heavy atom.